The summed E-state index contributed by atoms with van der Waals surface area (Å²) in [5, 5.41) is 7.15. The van der Waals surface area contributed by atoms with Gasteiger partial charge in [0.1, 0.15) is 23.3 Å². The SMILES string of the molecule is C1=CC2=NC(c3ccc(C4CCCCC4)cc3Nc3ccccn3)=NC3=NC(c4ccc(N5CCCCC5)cc4Nc4ccccn4)=NC(=C1)N23. The van der Waals surface area contributed by atoms with Gasteiger partial charge in [0.05, 0.1) is 11.4 Å². The number of nitrogens with one attached hydrogen (secondary N) is 2. The summed E-state index contributed by atoms with van der Waals surface area (Å²) in [5.41, 5.74) is 6.12. The Morgan fingerprint density at radius 3 is 2.04 bits per heavy atom. The number of anilines is 5. The van der Waals surface area contributed by atoms with Crippen molar-refractivity contribution >= 4 is 52.2 Å². The number of aromatic nitrogens is 2. The molecule has 0 atom stereocenters. The molecule has 0 unspecified atom stereocenters. The molecular weight excluding hydrogens is 633 g/mol. The Kier molecular flexibility index (Phi) is 8.41. The summed E-state index contributed by atoms with van der Waals surface area (Å²) in [4.78, 5) is 33.9. The lowest BCUT2D eigenvalue weighted by Crippen LogP contribution is -2.41. The summed E-state index contributed by atoms with van der Waals surface area (Å²) < 4.78 is 0. The lowest BCUT2D eigenvalue weighted by molar-refractivity contribution is 0.444. The Balaban J connectivity index is 1.12. The number of nitrogens with zero attached hydrogens (tertiary/aromatic N) is 8. The minimum Gasteiger partial charge on any atom is -0.371 e. The molecular formula is C41H40N10. The first-order chi connectivity index (χ1) is 25.2. The molecule has 10 heteroatoms. The van der Waals surface area contributed by atoms with Crippen LogP contribution in [0, 0.1) is 0 Å². The maximum absolute atomic E-state index is 5.13. The van der Waals surface area contributed by atoms with Gasteiger partial charge in [-0.25, -0.2) is 24.9 Å². The van der Waals surface area contributed by atoms with E-state index in [9.17, 15) is 0 Å². The number of amidine groups is 3. The number of benzene rings is 2. The van der Waals surface area contributed by atoms with Crippen molar-refractivity contribution in [3.05, 3.63) is 126 Å². The molecule has 6 heterocycles. The van der Waals surface area contributed by atoms with Crippen molar-refractivity contribution in [1.82, 2.24) is 14.9 Å². The predicted octanol–water partition coefficient (Wildman–Crippen LogP) is 8.69. The van der Waals surface area contributed by atoms with Crippen molar-refractivity contribution in [2.75, 3.05) is 28.6 Å². The van der Waals surface area contributed by atoms with Crippen LogP contribution in [0.5, 0.6) is 0 Å². The molecule has 0 spiro atoms. The van der Waals surface area contributed by atoms with Gasteiger partial charge in [0.2, 0.25) is 5.96 Å². The van der Waals surface area contributed by atoms with E-state index >= 15 is 0 Å². The number of aliphatic imine (C=N–C) groups is 4. The van der Waals surface area contributed by atoms with Gasteiger partial charge in [0.15, 0.2) is 11.7 Å². The van der Waals surface area contributed by atoms with Gasteiger partial charge in [-0.05, 0) is 110 Å². The molecule has 2 N–H and O–H groups in total. The van der Waals surface area contributed by atoms with Crippen molar-refractivity contribution in [3.8, 4) is 0 Å². The first kappa shape index (κ1) is 31.1. The highest BCUT2D eigenvalue weighted by Gasteiger charge is 2.33. The molecule has 0 amide bonds. The van der Waals surface area contributed by atoms with E-state index in [0.29, 0.717) is 23.5 Å². The van der Waals surface area contributed by atoms with E-state index in [0.717, 1.165) is 58.9 Å². The van der Waals surface area contributed by atoms with Gasteiger partial charge in [-0.15, -0.1) is 0 Å². The van der Waals surface area contributed by atoms with Crippen LogP contribution >= 0.6 is 0 Å². The summed E-state index contributed by atoms with van der Waals surface area (Å²) in [6.07, 6.45) is 19.5. The number of piperidine rings is 1. The molecule has 4 aliphatic heterocycles. The Bertz CT molecular complexity index is 2010. The van der Waals surface area contributed by atoms with Crippen molar-refractivity contribution in [1.29, 1.82) is 0 Å². The van der Waals surface area contributed by atoms with E-state index in [2.05, 4.69) is 61.9 Å². The average molecular weight is 673 g/mol. The highest BCUT2D eigenvalue weighted by atomic mass is 15.4. The second-order valence-corrected chi connectivity index (χ2v) is 13.6. The van der Waals surface area contributed by atoms with E-state index in [4.69, 9.17) is 20.0 Å². The number of hydrogen-bond acceptors (Lipinski definition) is 10. The summed E-state index contributed by atoms with van der Waals surface area (Å²) in [6.45, 7) is 2.11. The van der Waals surface area contributed by atoms with Crippen LogP contribution < -0.4 is 15.5 Å². The molecule has 1 saturated heterocycles. The molecule has 0 radical (unpaired) electrons. The van der Waals surface area contributed by atoms with Gasteiger partial charge in [-0.2, -0.15) is 9.98 Å². The zero-order valence-corrected chi connectivity index (χ0v) is 28.5. The van der Waals surface area contributed by atoms with Crippen LogP contribution in [0.1, 0.15) is 74.0 Å². The van der Waals surface area contributed by atoms with Crippen molar-refractivity contribution < 1.29 is 0 Å². The van der Waals surface area contributed by atoms with Gasteiger partial charge in [0.25, 0.3) is 0 Å². The zero-order chi connectivity index (χ0) is 34.0. The highest BCUT2D eigenvalue weighted by molar-refractivity contribution is 6.26. The molecule has 2 aromatic carbocycles. The summed E-state index contributed by atoms with van der Waals surface area (Å²) >= 11 is 0. The maximum Gasteiger partial charge on any atom is 0.241 e. The molecule has 1 saturated carbocycles. The molecule has 10 nitrogen and oxygen atoms in total. The summed E-state index contributed by atoms with van der Waals surface area (Å²) in [7, 11) is 0. The van der Waals surface area contributed by atoms with Crippen LogP contribution in [-0.2, 0) is 0 Å². The Labute approximate surface area is 298 Å². The van der Waals surface area contributed by atoms with E-state index < -0.39 is 0 Å². The van der Waals surface area contributed by atoms with Gasteiger partial charge in [0, 0.05) is 42.3 Å². The number of guanidine groups is 1. The maximum atomic E-state index is 5.13. The molecule has 4 aromatic rings. The van der Waals surface area contributed by atoms with Crippen molar-refractivity contribution in [3.63, 3.8) is 0 Å². The largest absolute Gasteiger partial charge is 0.371 e. The Hall–Kier alpha value is -5.90. The summed E-state index contributed by atoms with van der Waals surface area (Å²) in [5.74, 6) is 5.24. The minimum atomic E-state index is 0.527. The van der Waals surface area contributed by atoms with Crippen LogP contribution in [0.4, 0.5) is 28.7 Å². The second-order valence-electron chi connectivity index (χ2n) is 13.6. The fraction of sp³-hybridized carbons (Fsp3) is 0.268. The zero-order valence-electron chi connectivity index (χ0n) is 28.5. The molecule has 2 fully saturated rings. The Morgan fingerprint density at radius 2 is 1.31 bits per heavy atom. The third-order valence-electron chi connectivity index (χ3n) is 10.2. The minimum absolute atomic E-state index is 0.527. The predicted molar refractivity (Wildman–Crippen MR) is 207 cm³/mol. The molecule has 5 aliphatic rings. The lowest BCUT2D eigenvalue weighted by Gasteiger charge is -2.32. The average Bonchev–Trinajstić information content (AvgIpc) is 3.19. The second kappa shape index (κ2) is 13.8. The third kappa shape index (κ3) is 6.45. The van der Waals surface area contributed by atoms with Gasteiger partial charge >= 0.3 is 0 Å². The third-order valence-corrected chi connectivity index (χ3v) is 10.2. The number of rotatable bonds is 8. The number of pyridine rings is 2. The molecule has 2 aromatic heterocycles. The van der Waals surface area contributed by atoms with E-state index in [1.54, 1.807) is 12.4 Å². The van der Waals surface area contributed by atoms with Crippen LogP contribution in [0.2, 0.25) is 0 Å². The van der Waals surface area contributed by atoms with Crippen molar-refractivity contribution in [2.45, 2.75) is 57.3 Å². The topological polar surface area (TPSA) is 106 Å². The first-order valence-electron chi connectivity index (χ1n) is 18.2. The van der Waals surface area contributed by atoms with Gasteiger partial charge in [-0.3, -0.25) is 0 Å². The quantitative estimate of drug-likeness (QED) is 0.194. The van der Waals surface area contributed by atoms with E-state index in [1.807, 2.05) is 59.5 Å². The molecule has 254 valence electrons. The van der Waals surface area contributed by atoms with Crippen LogP contribution in [0.3, 0.4) is 0 Å². The normalized spacial score (nSPS) is 18.5. The fourth-order valence-corrected chi connectivity index (χ4v) is 7.57. The van der Waals surface area contributed by atoms with E-state index in [-0.39, 0.29) is 0 Å². The Morgan fingerprint density at radius 1 is 0.627 bits per heavy atom. The first-order valence-corrected chi connectivity index (χ1v) is 18.2. The van der Waals surface area contributed by atoms with Crippen LogP contribution in [0.25, 0.3) is 0 Å². The number of hydrogen-bond donors (Lipinski definition) is 2. The number of allylic oxidation sites excluding steroid dienone is 2. The highest BCUT2D eigenvalue weighted by Crippen LogP contribution is 2.37. The lowest BCUT2D eigenvalue weighted by atomic mass is 9.83. The molecule has 9 rings (SSSR count). The standard InChI is InChI=1S/C41H40N10/c1-3-12-28(13-4-1)29-18-20-31(33(26-29)44-35-14-5-7-22-42-35)39-46-37-16-11-17-38-47-40(49-41(48-39)51(37)38)32-21-19-30(50-24-9-2-10-25-50)27-34(32)45-36-15-6-8-23-43-36/h5-8,11,14-23,26-28H,1-4,9-10,12-13,24-25H2,(H,42,44)(H,43,45). The van der Waals surface area contributed by atoms with E-state index in [1.165, 1.54) is 62.6 Å². The smallest absolute Gasteiger partial charge is 0.241 e. The van der Waals surface area contributed by atoms with Gasteiger partial charge < -0.3 is 15.5 Å². The monoisotopic (exact) mass is 672 g/mol. The van der Waals surface area contributed by atoms with Crippen molar-refractivity contribution in [2.24, 2.45) is 20.0 Å². The van der Waals surface area contributed by atoms with Crippen LogP contribution in [0.15, 0.2) is 129 Å². The molecule has 51 heavy (non-hydrogen) atoms. The fourth-order valence-electron chi connectivity index (χ4n) is 7.57. The van der Waals surface area contributed by atoms with Crippen LogP contribution in [-0.4, -0.2) is 51.4 Å². The molecule has 1 aliphatic carbocycles. The van der Waals surface area contributed by atoms with Gasteiger partial charge in [-0.1, -0.05) is 43.5 Å². The molecule has 0 bridgehead atoms. The summed E-state index contributed by atoms with van der Waals surface area (Å²) in [6, 6.07) is 25.0.